The topological polar surface area (TPSA) is 153 Å². The van der Waals surface area contributed by atoms with E-state index in [1.807, 2.05) is 6.07 Å². The number of nitrogens with one attached hydrogen (secondary N) is 1. The summed E-state index contributed by atoms with van der Waals surface area (Å²) in [7, 11) is -3.57. The van der Waals surface area contributed by atoms with Crippen molar-refractivity contribution in [1.29, 1.82) is 0 Å². The normalized spacial score (nSPS) is 16.3. The van der Waals surface area contributed by atoms with Gasteiger partial charge in [0.05, 0.1) is 28.6 Å². The second-order valence-electron chi connectivity index (χ2n) is 9.71. The number of nitrogens with two attached hydrogens (primary N) is 1. The number of sulfone groups is 1. The minimum atomic E-state index is -3.57. The maximum Gasteiger partial charge on any atom is 0.189 e. The Kier molecular flexibility index (Phi) is 8.22. The highest BCUT2D eigenvalue weighted by Gasteiger charge is 2.23. The molecule has 1 fully saturated rings. The fourth-order valence-corrected chi connectivity index (χ4v) is 5.85. The van der Waals surface area contributed by atoms with E-state index in [-0.39, 0.29) is 52.5 Å². The molecule has 1 saturated heterocycles. The van der Waals surface area contributed by atoms with Crippen molar-refractivity contribution in [2.45, 2.75) is 42.5 Å². The second-order valence-corrected chi connectivity index (χ2v) is 12.1. The van der Waals surface area contributed by atoms with Crippen molar-refractivity contribution in [3.63, 3.8) is 0 Å². The summed E-state index contributed by atoms with van der Waals surface area (Å²) in [6.45, 7) is 3.28. The molecule has 1 unspecified atom stereocenters. The van der Waals surface area contributed by atoms with Gasteiger partial charge in [-0.3, -0.25) is 0 Å². The zero-order chi connectivity index (χ0) is 28.3. The number of nitrogen functional groups attached to an aromatic ring is 1. The minimum absolute atomic E-state index is 0.0984. The lowest BCUT2D eigenvalue weighted by Gasteiger charge is -2.12. The third kappa shape index (κ3) is 5.89. The number of hydrogen-bond acceptors (Lipinski definition) is 10. The monoisotopic (exact) mass is 567 g/mol. The number of anilines is 1. The highest BCUT2D eigenvalue weighted by molar-refractivity contribution is 7.92. The lowest BCUT2D eigenvalue weighted by Crippen LogP contribution is -2.28. The molecule has 5 rings (SSSR count). The van der Waals surface area contributed by atoms with Crippen molar-refractivity contribution < 1.29 is 27.2 Å². The predicted molar refractivity (Wildman–Crippen MR) is 147 cm³/mol. The Bertz CT molecular complexity index is 1590. The van der Waals surface area contributed by atoms with E-state index in [4.69, 9.17) is 20.1 Å². The van der Waals surface area contributed by atoms with Crippen molar-refractivity contribution >= 4 is 15.7 Å². The lowest BCUT2D eigenvalue weighted by molar-refractivity contribution is 0.190. The Morgan fingerprint density at radius 2 is 1.98 bits per heavy atom. The molecule has 210 valence electrons. The Balaban J connectivity index is 1.35. The smallest absolute Gasteiger partial charge is 0.189 e. The maximum atomic E-state index is 15.0. The second kappa shape index (κ2) is 11.8. The predicted octanol–water partition coefficient (Wildman–Crippen LogP) is 3.61. The molecular formula is C28H30FN5O5S. The summed E-state index contributed by atoms with van der Waals surface area (Å²) in [5.41, 5.74) is 8.72. The van der Waals surface area contributed by atoms with Crippen LogP contribution in [0, 0.1) is 5.82 Å². The molecule has 2 atom stereocenters. The highest BCUT2D eigenvalue weighted by Crippen LogP contribution is 2.31. The van der Waals surface area contributed by atoms with Gasteiger partial charge in [-0.2, -0.15) is 0 Å². The third-order valence-electron chi connectivity index (χ3n) is 6.92. The van der Waals surface area contributed by atoms with Gasteiger partial charge in [-0.1, -0.05) is 23.4 Å². The summed E-state index contributed by atoms with van der Waals surface area (Å²) >= 11 is 0. The standard InChI is InChI=1S/C28H30FN5O5S/c1-17(8-10-35)40(36,37)21-5-3-19(4-6-21)25-15-32-28(30)27(33-25)26-13-24(34-39-26)22-7-2-18(12-23(22)29)14-31-20-9-11-38-16-20/h2-7,12-13,15,17,20,31,35H,8-11,14,16H2,1H3,(H2,30,32)/t17?,20-/m1/s1. The quantitative estimate of drug-likeness (QED) is 0.259. The molecule has 3 heterocycles. The van der Waals surface area contributed by atoms with E-state index in [0.29, 0.717) is 24.4 Å². The van der Waals surface area contributed by atoms with Crippen LogP contribution in [0.25, 0.3) is 34.0 Å². The van der Waals surface area contributed by atoms with Crippen molar-refractivity contribution in [3.8, 4) is 34.0 Å². The first-order valence-electron chi connectivity index (χ1n) is 12.9. The number of hydrogen-bond donors (Lipinski definition) is 3. The fourth-order valence-electron chi connectivity index (χ4n) is 4.45. The van der Waals surface area contributed by atoms with Gasteiger partial charge in [0.25, 0.3) is 0 Å². The van der Waals surface area contributed by atoms with Crippen LogP contribution in [0.15, 0.2) is 64.1 Å². The fraction of sp³-hybridized carbons (Fsp3) is 0.321. The number of aliphatic hydroxyl groups is 1. The summed E-state index contributed by atoms with van der Waals surface area (Å²) in [5, 5.41) is 15.8. The van der Waals surface area contributed by atoms with Gasteiger partial charge < -0.3 is 25.4 Å². The average molecular weight is 568 g/mol. The molecule has 10 nitrogen and oxygen atoms in total. The van der Waals surface area contributed by atoms with E-state index in [1.165, 1.54) is 24.4 Å². The molecule has 0 spiro atoms. The molecule has 40 heavy (non-hydrogen) atoms. The molecule has 12 heteroatoms. The van der Waals surface area contributed by atoms with Crippen LogP contribution in [0.2, 0.25) is 0 Å². The average Bonchev–Trinajstić information content (AvgIpc) is 3.65. The van der Waals surface area contributed by atoms with E-state index >= 15 is 0 Å². The van der Waals surface area contributed by atoms with Crippen LogP contribution in [0.3, 0.4) is 0 Å². The lowest BCUT2D eigenvalue weighted by atomic mass is 10.1. The van der Waals surface area contributed by atoms with Gasteiger partial charge in [0.15, 0.2) is 27.1 Å². The van der Waals surface area contributed by atoms with Gasteiger partial charge in [0.2, 0.25) is 0 Å². The van der Waals surface area contributed by atoms with E-state index in [1.54, 1.807) is 31.2 Å². The van der Waals surface area contributed by atoms with Crippen LogP contribution in [0.5, 0.6) is 0 Å². The largest absolute Gasteiger partial charge is 0.396 e. The first-order valence-corrected chi connectivity index (χ1v) is 14.5. The van der Waals surface area contributed by atoms with E-state index in [0.717, 1.165) is 18.6 Å². The Labute approximate surface area is 231 Å². The Hall–Kier alpha value is -3.71. The molecule has 0 radical (unpaired) electrons. The maximum absolute atomic E-state index is 15.0. The van der Waals surface area contributed by atoms with Crippen LogP contribution in [-0.2, 0) is 21.1 Å². The van der Waals surface area contributed by atoms with Crippen LogP contribution in [-0.4, -0.2) is 59.8 Å². The van der Waals surface area contributed by atoms with Crippen molar-refractivity contribution in [3.05, 3.63) is 66.1 Å². The van der Waals surface area contributed by atoms with Crippen molar-refractivity contribution in [2.75, 3.05) is 25.6 Å². The summed E-state index contributed by atoms with van der Waals surface area (Å²) in [5.74, 6) is -0.121. The number of ether oxygens (including phenoxy) is 1. The van der Waals surface area contributed by atoms with Crippen LogP contribution in [0.4, 0.5) is 10.2 Å². The first-order chi connectivity index (χ1) is 19.3. The van der Waals surface area contributed by atoms with Crippen LogP contribution >= 0.6 is 0 Å². The zero-order valence-electron chi connectivity index (χ0n) is 21.9. The van der Waals surface area contributed by atoms with Gasteiger partial charge in [-0.25, -0.2) is 22.8 Å². The van der Waals surface area contributed by atoms with Gasteiger partial charge in [0, 0.05) is 43.0 Å². The number of aliphatic hydroxyl groups excluding tert-OH is 1. The molecule has 0 saturated carbocycles. The molecule has 1 aliphatic heterocycles. The Morgan fingerprint density at radius 3 is 2.67 bits per heavy atom. The molecule has 0 amide bonds. The van der Waals surface area contributed by atoms with E-state index in [2.05, 4.69) is 20.4 Å². The number of nitrogens with zero attached hydrogens (tertiary/aromatic N) is 3. The summed E-state index contributed by atoms with van der Waals surface area (Å²) in [6, 6.07) is 13.0. The zero-order valence-corrected chi connectivity index (χ0v) is 22.7. The van der Waals surface area contributed by atoms with Crippen LogP contribution in [0.1, 0.15) is 25.3 Å². The van der Waals surface area contributed by atoms with Crippen molar-refractivity contribution in [2.24, 2.45) is 0 Å². The molecule has 0 aliphatic carbocycles. The molecule has 2 aromatic heterocycles. The van der Waals surface area contributed by atoms with Crippen LogP contribution < -0.4 is 11.1 Å². The van der Waals surface area contributed by atoms with Gasteiger partial charge >= 0.3 is 0 Å². The molecule has 2 aromatic carbocycles. The Morgan fingerprint density at radius 1 is 1.18 bits per heavy atom. The molecule has 0 bridgehead atoms. The number of benzene rings is 2. The summed E-state index contributed by atoms with van der Waals surface area (Å²) < 4.78 is 51.2. The summed E-state index contributed by atoms with van der Waals surface area (Å²) in [6.07, 6.45) is 2.56. The van der Waals surface area contributed by atoms with E-state index < -0.39 is 20.9 Å². The van der Waals surface area contributed by atoms with Gasteiger partial charge in [-0.15, -0.1) is 0 Å². The molecule has 1 aliphatic rings. The summed E-state index contributed by atoms with van der Waals surface area (Å²) in [4.78, 5) is 8.92. The highest BCUT2D eigenvalue weighted by atomic mass is 32.2. The first kappa shape index (κ1) is 27.8. The number of halogens is 1. The number of aromatic nitrogens is 3. The van der Waals surface area contributed by atoms with E-state index in [9.17, 15) is 12.8 Å². The number of rotatable bonds is 10. The molecule has 4 aromatic rings. The third-order valence-corrected chi connectivity index (χ3v) is 9.15. The molecule has 4 N–H and O–H groups in total. The van der Waals surface area contributed by atoms with Crippen molar-refractivity contribution in [1.82, 2.24) is 20.4 Å². The molecular weight excluding hydrogens is 537 g/mol. The minimum Gasteiger partial charge on any atom is -0.396 e. The van der Waals surface area contributed by atoms with Gasteiger partial charge in [-0.05, 0) is 49.6 Å². The van der Waals surface area contributed by atoms with Gasteiger partial charge in [0.1, 0.15) is 11.5 Å². The SMILES string of the molecule is CC(CCO)S(=O)(=O)c1ccc(-c2cnc(N)c(-c3cc(-c4ccc(CN[C@@H]5CCOC5)cc4F)no3)n2)cc1.